The summed E-state index contributed by atoms with van der Waals surface area (Å²) in [6.07, 6.45) is -0.603. The molecule has 4 unspecified atom stereocenters. The number of carbonyl (C=O) groups is 5. The standard InChI is InChI=1S/C19H27N5O7S/c1-9(22-18(29)13(7-15(21)26)23-17(28)12(20)8-32)16(27)24-14(19(30)31)6-10-2-4-11(25)5-3-10/h2-5,9,12-14,25,32H,6-8,20H2,1H3,(H2,21,26)(H,22,29)(H,23,28)(H,24,27)(H,30,31). The maximum absolute atomic E-state index is 12.5. The fraction of sp³-hybridized carbons (Fsp3) is 0.421. The van der Waals surface area contributed by atoms with Crippen molar-refractivity contribution in [3.05, 3.63) is 29.8 Å². The highest BCUT2D eigenvalue weighted by Crippen LogP contribution is 2.11. The van der Waals surface area contributed by atoms with Gasteiger partial charge in [0.15, 0.2) is 0 Å². The van der Waals surface area contributed by atoms with Gasteiger partial charge in [-0.15, -0.1) is 0 Å². The number of nitrogens with two attached hydrogens (primary N) is 2. The van der Waals surface area contributed by atoms with Crippen LogP contribution in [0.3, 0.4) is 0 Å². The van der Waals surface area contributed by atoms with Crippen LogP contribution in [-0.4, -0.2) is 69.7 Å². The number of phenols is 1. The Morgan fingerprint density at radius 3 is 2.03 bits per heavy atom. The van der Waals surface area contributed by atoms with Crippen LogP contribution >= 0.6 is 12.6 Å². The summed E-state index contributed by atoms with van der Waals surface area (Å²) in [5.74, 6) is -4.59. The molecule has 0 aliphatic heterocycles. The zero-order valence-corrected chi connectivity index (χ0v) is 18.2. The summed E-state index contributed by atoms with van der Waals surface area (Å²) in [4.78, 5) is 59.6. The number of aromatic hydroxyl groups is 1. The number of primary amides is 1. The summed E-state index contributed by atoms with van der Waals surface area (Å²) in [6.45, 7) is 1.30. The third-order valence-corrected chi connectivity index (χ3v) is 4.71. The summed E-state index contributed by atoms with van der Waals surface area (Å²) in [5.41, 5.74) is 11.2. The van der Waals surface area contributed by atoms with Crippen LogP contribution in [0.1, 0.15) is 18.9 Å². The van der Waals surface area contributed by atoms with Gasteiger partial charge in [0.2, 0.25) is 23.6 Å². The van der Waals surface area contributed by atoms with Gasteiger partial charge < -0.3 is 37.6 Å². The van der Waals surface area contributed by atoms with Crippen molar-refractivity contribution in [3.8, 4) is 5.75 Å². The Morgan fingerprint density at radius 1 is 0.969 bits per heavy atom. The van der Waals surface area contributed by atoms with E-state index in [0.717, 1.165) is 0 Å². The van der Waals surface area contributed by atoms with E-state index in [2.05, 4.69) is 28.6 Å². The van der Waals surface area contributed by atoms with Gasteiger partial charge in [0.25, 0.3) is 0 Å². The van der Waals surface area contributed by atoms with Crippen LogP contribution in [0.4, 0.5) is 0 Å². The van der Waals surface area contributed by atoms with E-state index < -0.39 is 60.2 Å². The van der Waals surface area contributed by atoms with E-state index in [9.17, 15) is 34.2 Å². The van der Waals surface area contributed by atoms with Gasteiger partial charge >= 0.3 is 5.97 Å². The quantitative estimate of drug-likeness (QED) is 0.154. The highest BCUT2D eigenvalue weighted by Gasteiger charge is 2.29. The fourth-order valence-electron chi connectivity index (χ4n) is 2.52. The molecule has 4 atom stereocenters. The number of rotatable bonds is 12. The van der Waals surface area contributed by atoms with Crippen molar-refractivity contribution in [1.82, 2.24) is 16.0 Å². The molecule has 1 rings (SSSR count). The number of aliphatic carboxylic acids is 1. The molecule has 4 amide bonds. The molecule has 0 aromatic heterocycles. The summed E-state index contributed by atoms with van der Waals surface area (Å²) in [6, 6.07) is 0.866. The molecule has 32 heavy (non-hydrogen) atoms. The van der Waals surface area contributed by atoms with Gasteiger partial charge in [0, 0.05) is 12.2 Å². The van der Waals surface area contributed by atoms with Gasteiger partial charge in [-0.05, 0) is 24.6 Å². The molecule has 0 bridgehead atoms. The van der Waals surface area contributed by atoms with Crippen molar-refractivity contribution in [2.75, 3.05) is 5.75 Å². The molecule has 13 heteroatoms. The first kappa shape index (κ1) is 26.7. The molecule has 1 aromatic carbocycles. The average molecular weight is 470 g/mol. The predicted octanol–water partition coefficient (Wildman–Crippen LogP) is -2.37. The lowest BCUT2D eigenvalue weighted by Crippen LogP contribution is -2.57. The molecule has 0 saturated carbocycles. The van der Waals surface area contributed by atoms with Crippen molar-refractivity contribution >= 4 is 42.2 Å². The van der Waals surface area contributed by atoms with Crippen LogP contribution in [0.25, 0.3) is 0 Å². The number of carboxylic acids is 1. The maximum atomic E-state index is 12.5. The summed E-state index contributed by atoms with van der Waals surface area (Å²) >= 11 is 3.88. The monoisotopic (exact) mass is 469 g/mol. The van der Waals surface area contributed by atoms with E-state index in [4.69, 9.17) is 11.5 Å². The van der Waals surface area contributed by atoms with Crippen molar-refractivity contribution in [3.63, 3.8) is 0 Å². The van der Waals surface area contributed by atoms with E-state index >= 15 is 0 Å². The lowest BCUT2D eigenvalue weighted by atomic mass is 10.1. The van der Waals surface area contributed by atoms with Gasteiger partial charge in [0.05, 0.1) is 12.5 Å². The van der Waals surface area contributed by atoms with Crippen LogP contribution in [0.5, 0.6) is 5.75 Å². The second-order valence-corrected chi connectivity index (χ2v) is 7.39. The molecule has 0 aliphatic rings. The molecule has 0 saturated heterocycles. The Bertz CT molecular complexity index is 849. The average Bonchev–Trinajstić information content (AvgIpc) is 2.72. The van der Waals surface area contributed by atoms with Crippen LogP contribution in [0.2, 0.25) is 0 Å². The number of hydrogen-bond acceptors (Lipinski definition) is 8. The van der Waals surface area contributed by atoms with Gasteiger partial charge in [-0.1, -0.05) is 12.1 Å². The molecular weight excluding hydrogens is 442 g/mol. The normalized spacial score (nSPS) is 14.3. The highest BCUT2D eigenvalue weighted by molar-refractivity contribution is 7.80. The van der Waals surface area contributed by atoms with E-state index in [1.165, 1.54) is 31.2 Å². The molecule has 12 nitrogen and oxygen atoms in total. The number of benzene rings is 1. The summed E-state index contributed by atoms with van der Waals surface area (Å²) in [7, 11) is 0. The topological polar surface area (TPSA) is 214 Å². The second-order valence-electron chi connectivity index (χ2n) is 7.02. The number of phenolic OH excluding ortho intramolecular Hbond substituents is 1. The van der Waals surface area contributed by atoms with E-state index in [0.29, 0.717) is 5.56 Å². The Morgan fingerprint density at radius 2 is 1.53 bits per heavy atom. The fourth-order valence-corrected chi connectivity index (χ4v) is 2.68. The molecule has 0 heterocycles. The maximum Gasteiger partial charge on any atom is 0.326 e. The SMILES string of the molecule is CC(NC(=O)C(CC(N)=O)NC(=O)C(N)CS)C(=O)NC(Cc1ccc(O)cc1)C(=O)O. The number of amides is 4. The smallest absolute Gasteiger partial charge is 0.326 e. The molecule has 0 radical (unpaired) electrons. The number of thiol groups is 1. The number of nitrogens with one attached hydrogen (secondary N) is 3. The van der Waals surface area contributed by atoms with Gasteiger partial charge in [-0.3, -0.25) is 19.2 Å². The zero-order valence-electron chi connectivity index (χ0n) is 17.3. The van der Waals surface area contributed by atoms with E-state index in [1.54, 1.807) is 0 Å². The first-order valence-electron chi connectivity index (χ1n) is 9.51. The molecule has 176 valence electrons. The van der Waals surface area contributed by atoms with Crippen molar-refractivity contribution < 1.29 is 34.2 Å². The van der Waals surface area contributed by atoms with E-state index in [1.807, 2.05) is 0 Å². The molecule has 0 aliphatic carbocycles. The Balaban J connectivity index is 2.79. The number of hydrogen-bond donors (Lipinski definition) is 8. The van der Waals surface area contributed by atoms with Crippen LogP contribution in [0, 0.1) is 0 Å². The van der Waals surface area contributed by atoms with Gasteiger partial charge in [-0.25, -0.2) is 4.79 Å². The minimum Gasteiger partial charge on any atom is -0.508 e. The first-order chi connectivity index (χ1) is 14.9. The van der Waals surface area contributed by atoms with Crippen LogP contribution in [0.15, 0.2) is 24.3 Å². The molecule has 9 N–H and O–H groups in total. The van der Waals surface area contributed by atoms with Gasteiger partial charge in [0.1, 0.15) is 23.9 Å². The Labute approximate surface area is 189 Å². The third kappa shape index (κ3) is 8.81. The summed E-state index contributed by atoms with van der Waals surface area (Å²) in [5, 5.41) is 25.6. The largest absolute Gasteiger partial charge is 0.508 e. The van der Waals surface area contributed by atoms with Crippen LogP contribution in [-0.2, 0) is 30.4 Å². The molecule has 1 aromatic rings. The number of carbonyl (C=O) groups excluding carboxylic acids is 4. The van der Waals surface area contributed by atoms with Crippen molar-refractivity contribution in [2.45, 2.75) is 43.9 Å². The predicted molar refractivity (Wildman–Crippen MR) is 117 cm³/mol. The number of carboxylic acid groups (broad SMARTS) is 1. The van der Waals surface area contributed by atoms with Crippen LogP contribution < -0.4 is 27.4 Å². The minimum absolute atomic E-state index is 0.00679. The first-order valence-corrected chi connectivity index (χ1v) is 10.1. The molecular formula is C19H27N5O7S. The van der Waals surface area contributed by atoms with Gasteiger partial charge in [-0.2, -0.15) is 12.6 Å². The van der Waals surface area contributed by atoms with E-state index in [-0.39, 0.29) is 17.9 Å². The lowest BCUT2D eigenvalue weighted by molar-refractivity contribution is -0.142. The second kappa shape index (κ2) is 12.5. The minimum atomic E-state index is -1.38. The van der Waals surface area contributed by atoms with Crippen molar-refractivity contribution in [2.24, 2.45) is 11.5 Å². The summed E-state index contributed by atoms with van der Waals surface area (Å²) < 4.78 is 0. The third-order valence-electron chi connectivity index (χ3n) is 4.31. The highest BCUT2D eigenvalue weighted by atomic mass is 32.1. The zero-order chi connectivity index (χ0) is 24.4. The lowest BCUT2D eigenvalue weighted by Gasteiger charge is -2.22. The van der Waals surface area contributed by atoms with Crippen molar-refractivity contribution in [1.29, 1.82) is 0 Å². The Hall–Kier alpha value is -3.32. The molecule has 0 spiro atoms. The molecule has 0 fully saturated rings. The Kier molecular flexibility index (Phi) is 10.4.